The molecule has 1 aliphatic carbocycles. The average Bonchev–Trinajstić information content (AvgIpc) is 3.53. The summed E-state index contributed by atoms with van der Waals surface area (Å²) in [5.41, 5.74) is 1.95. The van der Waals surface area contributed by atoms with Gasteiger partial charge in [-0.25, -0.2) is 4.99 Å². The third-order valence-electron chi connectivity index (χ3n) is 5.14. The van der Waals surface area contributed by atoms with Gasteiger partial charge in [0, 0.05) is 51.2 Å². The van der Waals surface area contributed by atoms with Crippen LogP contribution < -0.4 is 20.1 Å². The molecule has 170 valence electrons. The highest BCUT2D eigenvalue weighted by Crippen LogP contribution is 2.32. The second-order valence-corrected chi connectivity index (χ2v) is 7.75. The molecule has 0 spiro atoms. The summed E-state index contributed by atoms with van der Waals surface area (Å²) in [4.78, 5) is 4.73. The lowest BCUT2D eigenvalue weighted by Crippen LogP contribution is -2.32. The van der Waals surface area contributed by atoms with E-state index >= 15 is 0 Å². The molecule has 4 rings (SSSR count). The molecule has 0 bridgehead atoms. The zero-order chi connectivity index (χ0) is 20.6. The smallest absolute Gasteiger partial charge is 0.196 e. The summed E-state index contributed by atoms with van der Waals surface area (Å²) in [7, 11) is 1.92. The number of hydrogen-bond donors (Lipinski definition) is 2. The molecule has 2 heterocycles. The molecular formula is C22H32IN5O3. The first-order valence-electron chi connectivity index (χ1n) is 10.8. The number of nitrogens with one attached hydrogen (secondary N) is 2. The molecule has 1 aliphatic heterocycles. The van der Waals surface area contributed by atoms with Gasteiger partial charge in [0.15, 0.2) is 17.5 Å². The van der Waals surface area contributed by atoms with Gasteiger partial charge in [-0.1, -0.05) is 0 Å². The summed E-state index contributed by atoms with van der Waals surface area (Å²) in [5.74, 6) is 3.06. The molecule has 2 aromatic rings. The maximum Gasteiger partial charge on any atom is 0.196 e. The number of benzene rings is 1. The van der Waals surface area contributed by atoms with Gasteiger partial charge >= 0.3 is 0 Å². The van der Waals surface area contributed by atoms with Crippen molar-refractivity contribution in [2.75, 3.05) is 38.3 Å². The topological polar surface area (TPSA) is 81.9 Å². The minimum Gasteiger partial charge on any atom is -0.490 e. The first-order chi connectivity index (χ1) is 14.8. The van der Waals surface area contributed by atoms with Gasteiger partial charge in [-0.2, -0.15) is 5.10 Å². The van der Waals surface area contributed by atoms with Crippen molar-refractivity contribution in [1.82, 2.24) is 15.1 Å². The van der Waals surface area contributed by atoms with E-state index in [9.17, 15) is 0 Å². The number of rotatable bonds is 9. The Hall–Kier alpha value is -2.01. The van der Waals surface area contributed by atoms with Crippen LogP contribution in [-0.2, 0) is 18.3 Å². The van der Waals surface area contributed by atoms with E-state index in [1.165, 1.54) is 12.8 Å². The van der Waals surface area contributed by atoms with Crippen LogP contribution in [0.1, 0.15) is 31.4 Å². The Balaban J connectivity index is 0.00000272. The number of aryl methyl sites for hydroxylation is 1. The van der Waals surface area contributed by atoms with Crippen LogP contribution in [0, 0.1) is 5.92 Å². The zero-order valence-electron chi connectivity index (χ0n) is 18.0. The van der Waals surface area contributed by atoms with Gasteiger partial charge in [-0.05, 0) is 43.4 Å². The van der Waals surface area contributed by atoms with Gasteiger partial charge in [-0.3, -0.25) is 4.68 Å². The van der Waals surface area contributed by atoms with Gasteiger partial charge in [0.25, 0.3) is 0 Å². The Morgan fingerprint density at radius 1 is 1.23 bits per heavy atom. The first kappa shape index (κ1) is 23.6. The molecule has 1 saturated carbocycles. The monoisotopic (exact) mass is 541 g/mol. The summed E-state index contributed by atoms with van der Waals surface area (Å²) in [6.45, 7) is 4.33. The Morgan fingerprint density at radius 3 is 2.84 bits per heavy atom. The van der Waals surface area contributed by atoms with Crippen molar-refractivity contribution in [3.05, 3.63) is 36.2 Å². The zero-order valence-corrected chi connectivity index (χ0v) is 20.3. The van der Waals surface area contributed by atoms with Crippen molar-refractivity contribution < 1.29 is 14.2 Å². The fourth-order valence-electron chi connectivity index (χ4n) is 3.15. The highest BCUT2D eigenvalue weighted by atomic mass is 127. The molecule has 0 atom stereocenters. The SMILES string of the molecule is Cn1nccc1CN=C(NCCCOCC1CC1)Nc1ccc2c(c1)OCCCO2.I. The number of halogens is 1. The third kappa shape index (κ3) is 7.57. The van der Waals surface area contributed by atoms with Crippen LogP contribution in [0.2, 0.25) is 0 Å². The number of fused-ring (bicyclic) bond motifs is 1. The van der Waals surface area contributed by atoms with Gasteiger partial charge < -0.3 is 24.8 Å². The molecule has 2 N–H and O–H groups in total. The summed E-state index contributed by atoms with van der Waals surface area (Å²) < 4.78 is 19.1. The lowest BCUT2D eigenvalue weighted by Gasteiger charge is -2.15. The highest BCUT2D eigenvalue weighted by molar-refractivity contribution is 14.0. The molecule has 0 unspecified atom stereocenters. The van der Waals surface area contributed by atoms with Crippen LogP contribution >= 0.6 is 24.0 Å². The van der Waals surface area contributed by atoms with E-state index in [0.29, 0.717) is 25.7 Å². The van der Waals surface area contributed by atoms with Gasteiger partial charge in [0.05, 0.1) is 25.5 Å². The van der Waals surface area contributed by atoms with Crippen LogP contribution in [0.4, 0.5) is 5.69 Å². The van der Waals surface area contributed by atoms with E-state index in [0.717, 1.165) is 61.4 Å². The van der Waals surface area contributed by atoms with Crippen molar-refractivity contribution in [2.24, 2.45) is 18.0 Å². The van der Waals surface area contributed by atoms with Crippen LogP contribution in [0.3, 0.4) is 0 Å². The van der Waals surface area contributed by atoms with Crippen LogP contribution in [0.15, 0.2) is 35.5 Å². The molecule has 1 aromatic carbocycles. The standard InChI is InChI=1S/C22H31N5O3.HI/c1-27-19(8-10-25-27)15-24-22(23-9-2-11-28-16-17-4-5-17)26-18-6-7-20-21(14-18)30-13-3-12-29-20;/h6-8,10,14,17H,2-5,9,11-13,15-16H2,1H3,(H2,23,24,26);1H. The number of anilines is 1. The number of aliphatic imine (C=N–C) groups is 1. The second kappa shape index (κ2) is 12.1. The van der Waals surface area contributed by atoms with Crippen molar-refractivity contribution in [1.29, 1.82) is 0 Å². The minimum atomic E-state index is 0. The molecular weight excluding hydrogens is 509 g/mol. The fourth-order valence-corrected chi connectivity index (χ4v) is 3.15. The van der Waals surface area contributed by atoms with Crippen molar-refractivity contribution >= 4 is 35.6 Å². The Kier molecular flexibility index (Phi) is 9.26. The lowest BCUT2D eigenvalue weighted by molar-refractivity contribution is 0.123. The Labute approximate surface area is 200 Å². The van der Waals surface area contributed by atoms with E-state index < -0.39 is 0 Å². The summed E-state index contributed by atoms with van der Waals surface area (Å²) in [6.07, 6.45) is 6.25. The molecule has 31 heavy (non-hydrogen) atoms. The van der Waals surface area contributed by atoms with E-state index in [1.54, 1.807) is 6.20 Å². The van der Waals surface area contributed by atoms with Crippen molar-refractivity contribution in [3.63, 3.8) is 0 Å². The summed E-state index contributed by atoms with van der Waals surface area (Å²) in [5, 5.41) is 11.0. The van der Waals surface area contributed by atoms with Crippen LogP contribution in [-0.4, -0.2) is 48.7 Å². The number of ether oxygens (including phenoxy) is 3. The predicted octanol–water partition coefficient (Wildman–Crippen LogP) is 3.57. The predicted molar refractivity (Wildman–Crippen MR) is 132 cm³/mol. The third-order valence-corrected chi connectivity index (χ3v) is 5.14. The molecule has 1 fully saturated rings. The normalized spacial score (nSPS) is 15.7. The average molecular weight is 541 g/mol. The minimum absolute atomic E-state index is 0. The number of nitrogens with zero attached hydrogens (tertiary/aromatic N) is 3. The van der Waals surface area contributed by atoms with Crippen molar-refractivity contribution in [2.45, 2.75) is 32.2 Å². The van der Waals surface area contributed by atoms with Gasteiger partial charge in [0.1, 0.15) is 0 Å². The molecule has 0 amide bonds. The maximum absolute atomic E-state index is 5.80. The molecule has 0 radical (unpaired) electrons. The van der Waals surface area contributed by atoms with E-state index in [-0.39, 0.29) is 24.0 Å². The van der Waals surface area contributed by atoms with Crippen molar-refractivity contribution in [3.8, 4) is 11.5 Å². The molecule has 1 aromatic heterocycles. The lowest BCUT2D eigenvalue weighted by atomic mass is 10.2. The molecule has 9 heteroatoms. The molecule has 0 saturated heterocycles. The largest absolute Gasteiger partial charge is 0.490 e. The molecule has 2 aliphatic rings. The number of aromatic nitrogens is 2. The quantitative estimate of drug-likeness (QED) is 0.219. The summed E-state index contributed by atoms with van der Waals surface area (Å²) in [6, 6.07) is 7.85. The molecule has 8 nitrogen and oxygen atoms in total. The number of hydrogen-bond acceptors (Lipinski definition) is 5. The number of guanidine groups is 1. The van der Waals surface area contributed by atoms with Crippen LogP contribution in [0.5, 0.6) is 11.5 Å². The highest BCUT2D eigenvalue weighted by Gasteiger charge is 2.20. The van der Waals surface area contributed by atoms with E-state index in [1.807, 2.05) is 36.0 Å². The van der Waals surface area contributed by atoms with Crippen LogP contribution in [0.25, 0.3) is 0 Å². The Morgan fingerprint density at radius 2 is 2.06 bits per heavy atom. The second-order valence-electron chi connectivity index (χ2n) is 7.75. The van der Waals surface area contributed by atoms with E-state index in [2.05, 4.69) is 15.7 Å². The van der Waals surface area contributed by atoms with Gasteiger partial charge in [-0.15, -0.1) is 24.0 Å². The fraction of sp³-hybridized carbons (Fsp3) is 0.545. The summed E-state index contributed by atoms with van der Waals surface area (Å²) >= 11 is 0. The van der Waals surface area contributed by atoms with Gasteiger partial charge in [0.2, 0.25) is 0 Å². The van der Waals surface area contributed by atoms with E-state index in [4.69, 9.17) is 19.2 Å². The first-order valence-corrected chi connectivity index (χ1v) is 10.8. The Bertz CT molecular complexity index is 853. The maximum atomic E-state index is 5.80.